The minimum atomic E-state index is -1.09. The molecular weight excluding hydrogens is 508 g/mol. The van der Waals surface area contributed by atoms with Gasteiger partial charge in [0.2, 0.25) is 0 Å². The highest BCUT2D eigenvalue weighted by Gasteiger charge is 2.54. The van der Waals surface area contributed by atoms with Crippen molar-refractivity contribution in [1.82, 2.24) is 0 Å². The van der Waals surface area contributed by atoms with Crippen molar-refractivity contribution in [1.29, 1.82) is 0 Å². The van der Waals surface area contributed by atoms with Crippen molar-refractivity contribution >= 4 is 23.0 Å². The monoisotopic (exact) mass is 544 g/mol. The fraction of sp³-hybridized carbons (Fsp3) is 0.306. The first kappa shape index (κ1) is 25.7. The summed E-state index contributed by atoms with van der Waals surface area (Å²) < 4.78 is 13.1. The maximum Gasteiger partial charge on any atom is 0.340 e. The number of nitrogens with zero attached hydrogens (tertiary/aromatic N) is 1. The van der Waals surface area contributed by atoms with Gasteiger partial charge in [-0.2, -0.15) is 0 Å². The SMILES string of the molecule is CCCC1C(C)CN(c2ccc3c(c2)Oc2cc(C)c(Nc4ccccc4)cc2C32OC(=O)c3ccccc32)C1C. The Labute approximate surface area is 242 Å². The smallest absolute Gasteiger partial charge is 0.340 e. The van der Waals surface area contributed by atoms with E-state index in [0.29, 0.717) is 29.2 Å². The molecule has 0 amide bonds. The molecular formula is C36H36N2O3. The van der Waals surface area contributed by atoms with Crippen molar-refractivity contribution in [2.75, 3.05) is 16.8 Å². The number of esters is 1. The van der Waals surface area contributed by atoms with Crippen LogP contribution < -0.4 is 15.0 Å². The molecule has 41 heavy (non-hydrogen) atoms. The van der Waals surface area contributed by atoms with Gasteiger partial charge in [0, 0.05) is 52.4 Å². The molecule has 3 aliphatic rings. The first-order valence-corrected chi connectivity index (χ1v) is 14.8. The molecule has 5 nitrogen and oxygen atoms in total. The molecule has 4 atom stereocenters. The third-order valence-electron chi connectivity index (χ3n) is 9.38. The van der Waals surface area contributed by atoms with E-state index in [-0.39, 0.29) is 5.97 Å². The van der Waals surface area contributed by atoms with Gasteiger partial charge in [-0.05, 0) is 80.1 Å². The van der Waals surface area contributed by atoms with E-state index >= 15 is 0 Å². The van der Waals surface area contributed by atoms with Gasteiger partial charge in [0.15, 0.2) is 5.60 Å². The molecule has 0 aromatic heterocycles. The van der Waals surface area contributed by atoms with Gasteiger partial charge in [0.25, 0.3) is 0 Å². The number of rotatable bonds is 5. The maximum atomic E-state index is 13.4. The number of hydrogen-bond acceptors (Lipinski definition) is 5. The molecule has 1 N–H and O–H groups in total. The van der Waals surface area contributed by atoms with Gasteiger partial charge >= 0.3 is 5.97 Å². The number of benzene rings is 4. The summed E-state index contributed by atoms with van der Waals surface area (Å²) in [5, 5.41) is 3.55. The Morgan fingerprint density at radius 3 is 2.46 bits per heavy atom. The number of ether oxygens (including phenoxy) is 2. The molecule has 1 spiro atoms. The molecule has 4 aromatic carbocycles. The molecule has 1 saturated heterocycles. The van der Waals surface area contributed by atoms with Gasteiger partial charge in [0.05, 0.1) is 5.56 Å². The summed E-state index contributed by atoms with van der Waals surface area (Å²) in [7, 11) is 0. The Morgan fingerprint density at radius 1 is 0.902 bits per heavy atom. The van der Waals surface area contributed by atoms with Crippen LogP contribution in [0.5, 0.6) is 11.5 Å². The van der Waals surface area contributed by atoms with Crippen molar-refractivity contribution in [2.24, 2.45) is 11.8 Å². The largest absolute Gasteiger partial charge is 0.456 e. The quantitative estimate of drug-likeness (QED) is 0.255. The van der Waals surface area contributed by atoms with Crippen molar-refractivity contribution < 1.29 is 14.3 Å². The van der Waals surface area contributed by atoms with Gasteiger partial charge in [-0.1, -0.05) is 56.7 Å². The van der Waals surface area contributed by atoms with Crippen molar-refractivity contribution in [3.8, 4) is 11.5 Å². The van der Waals surface area contributed by atoms with E-state index in [4.69, 9.17) is 9.47 Å². The summed E-state index contributed by atoms with van der Waals surface area (Å²) >= 11 is 0. The average molecular weight is 545 g/mol. The molecule has 208 valence electrons. The minimum Gasteiger partial charge on any atom is -0.456 e. The number of nitrogens with one attached hydrogen (secondary N) is 1. The zero-order valence-corrected chi connectivity index (χ0v) is 24.1. The van der Waals surface area contributed by atoms with E-state index in [0.717, 1.165) is 51.6 Å². The lowest BCUT2D eigenvalue weighted by molar-refractivity contribution is 0.0224. The normalized spacial score (nSPS) is 24.0. The third kappa shape index (κ3) is 3.93. The molecule has 4 unspecified atom stereocenters. The molecule has 3 heterocycles. The molecule has 3 aliphatic heterocycles. The first-order valence-electron chi connectivity index (χ1n) is 14.8. The van der Waals surface area contributed by atoms with Crippen LogP contribution >= 0.6 is 0 Å². The molecule has 0 radical (unpaired) electrons. The van der Waals surface area contributed by atoms with Crippen LogP contribution in [0.3, 0.4) is 0 Å². The molecule has 0 bridgehead atoms. The van der Waals surface area contributed by atoms with E-state index in [9.17, 15) is 4.79 Å². The fourth-order valence-corrected chi connectivity index (χ4v) is 7.32. The Bertz CT molecular complexity index is 1650. The summed E-state index contributed by atoms with van der Waals surface area (Å²) in [4.78, 5) is 15.9. The number of anilines is 3. The minimum absolute atomic E-state index is 0.314. The van der Waals surface area contributed by atoms with Crippen molar-refractivity contribution in [2.45, 2.75) is 52.2 Å². The fourth-order valence-electron chi connectivity index (χ4n) is 7.32. The van der Waals surface area contributed by atoms with Crippen molar-refractivity contribution in [3.63, 3.8) is 0 Å². The predicted octanol–water partition coefficient (Wildman–Crippen LogP) is 8.57. The Balaban J connectivity index is 1.38. The van der Waals surface area contributed by atoms with E-state index in [1.807, 2.05) is 54.6 Å². The van der Waals surface area contributed by atoms with Gasteiger partial charge in [-0.15, -0.1) is 0 Å². The summed E-state index contributed by atoms with van der Waals surface area (Å²) in [5.41, 5.74) is 6.16. The second kappa shape index (κ2) is 9.69. The molecule has 7 rings (SSSR count). The van der Waals surface area contributed by atoms with Crippen molar-refractivity contribution in [3.05, 3.63) is 113 Å². The van der Waals surface area contributed by atoms with Crippen LogP contribution in [0.15, 0.2) is 84.9 Å². The highest BCUT2D eigenvalue weighted by Crippen LogP contribution is 2.57. The number of fused-ring (bicyclic) bond motifs is 6. The van der Waals surface area contributed by atoms with Crippen LogP contribution in [-0.4, -0.2) is 18.6 Å². The number of hydrogen-bond donors (Lipinski definition) is 1. The second-order valence-corrected chi connectivity index (χ2v) is 11.9. The second-order valence-electron chi connectivity index (χ2n) is 11.9. The van der Waals surface area contributed by atoms with Gasteiger partial charge in [-0.25, -0.2) is 4.79 Å². The molecule has 4 aromatic rings. The Kier molecular flexibility index (Phi) is 6.07. The number of aryl methyl sites for hydroxylation is 1. The third-order valence-corrected chi connectivity index (χ3v) is 9.38. The number of para-hydroxylation sites is 1. The van der Waals surface area contributed by atoms with Crippen LogP contribution in [0.1, 0.15) is 66.2 Å². The van der Waals surface area contributed by atoms with Crippen LogP contribution in [0, 0.1) is 18.8 Å². The standard InChI is InChI=1S/C36H36N2O3/c1-5-11-27-23(3)21-38(24(27)4)26-16-17-30-34(19-26)40-33-18-22(2)32(37-25-12-7-6-8-13-25)20-31(33)36(30)29-15-10-9-14-28(29)35(39)41-36/h6-10,12-20,23-24,27,37H,5,11,21H2,1-4H3. The lowest BCUT2D eigenvalue weighted by atomic mass is 9.77. The molecule has 1 fully saturated rings. The van der Waals surface area contributed by atoms with E-state index < -0.39 is 5.60 Å². The topological polar surface area (TPSA) is 50.8 Å². The van der Waals surface area contributed by atoms with Crippen LogP contribution in [-0.2, 0) is 10.3 Å². The lowest BCUT2D eigenvalue weighted by Gasteiger charge is -2.38. The first-order chi connectivity index (χ1) is 19.9. The number of carbonyl (C=O) groups excluding carboxylic acids is 1. The van der Waals surface area contributed by atoms with E-state index in [1.165, 1.54) is 12.8 Å². The molecule has 0 aliphatic carbocycles. The van der Waals surface area contributed by atoms with Crippen LogP contribution in [0.4, 0.5) is 17.1 Å². The van der Waals surface area contributed by atoms with Crippen LogP contribution in [0.2, 0.25) is 0 Å². The zero-order chi connectivity index (χ0) is 28.3. The van der Waals surface area contributed by atoms with E-state index in [1.54, 1.807) is 0 Å². The number of carbonyl (C=O) groups is 1. The summed E-state index contributed by atoms with van der Waals surface area (Å²) in [6, 6.07) is 28.9. The molecule has 0 saturated carbocycles. The summed E-state index contributed by atoms with van der Waals surface area (Å²) in [6.45, 7) is 10.1. The van der Waals surface area contributed by atoms with Gasteiger partial charge in [-0.3, -0.25) is 0 Å². The highest BCUT2D eigenvalue weighted by molar-refractivity contribution is 5.97. The molecule has 5 heteroatoms. The summed E-state index contributed by atoms with van der Waals surface area (Å²) in [5.74, 6) is 2.44. The van der Waals surface area contributed by atoms with Crippen LogP contribution in [0.25, 0.3) is 0 Å². The Morgan fingerprint density at radius 2 is 1.66 bits per heavy atom. The summed E-state index contributed by atoms with van der Waals surface area (Å²) in [6.07, 6.45) is 2.44. The van der Waals surface area contributed by atoms with E-state index in [2.05, 4.69) is 68.2 Å². The maximum absolute atomic E-state index is 13.4. The average Bonchev–Trinajstić information content (AvgIpc) is 3.43. The lowest BCUT2D eigenvalue weighted by Crippen LogP contribution is -2.34. The highest BCUT2D eigenvalue weighted by atomic mass is 16.6. The van der Waals surface area contributed by atoms with Gasteiger partial charge < -0.3 is 19.7 Å². The Hall–Kier alpha value is -4.25. The zero-order valence-electron chi connectivity index (χ0n) is 24.1. The van der Waals surface area contributed by atoms with Gasteiger partial charge in [0.1, 0.15) is 11.5 Å². The predicted molar refractivity (Wildman–Crippen MR) is 164 cm³/mol.